The van der Waals surface area contributed by atoms with Gasteiger partial charge in [0.2, 0.25) is 0 Å². The van der Waals surface area contributed by atoms with E-state index in [0.29, 0.717) is 26.1 Å². The standard InChI is InChI=1S/C36H44N4O10/c1-24-18-46-22-34(26-9-5-3-6-10-26)48-20-28-15-30(37-38-32-14-13-31(39(42)43)17-33(32)40(44)45)16-29(36(28)41)21-49-35(23-47-19-25(2)50-24)27-11-7-4-8-12-27/h3-14,17,24-25,28-30,34-36,41H,15-16,18-23H2,1-2H3/t24-,25-,28?,29?,30?,34-,35-,36?/m0/s1. The van der Waals surface area contributed by atoms with Crippen LogP contribution in [0, 0.1) is 32.1 Å². The summed E-state index contributed by atoms with van der Waals surface area (Å²) in [4.78, 5) is 21.5. The third-order valence-electron chi connectivity index (χ3n) is 8.88. The van der Waals surface area contributed by atoms with E-state index in [-0.39, 0.29) is 56.2 Å². The van der Waals surface area contributed by atoms with Crippen molar-refractivity contribution in [1.29, 1.82) is 0 Å². The number of nitro groups is 2. The number of azo groups is 1. The quantitative estimate of drug-likeness (QED) is 0.166. The van der Waals surface area contributed by atoms with Gasteiger partial charge in [-0.05, 0) is 43.9 Å². The molecule has 268 valence electrons. The molecule has 1 saturated carbocycles. The van der Waals surface area contributed by atoms with Gasteiger partial charge in [0.1, 0.15) is 12.2 Å². The molecule has 2 fully saturated rings. The molecule has 2 unspecified atom stereocenters. The second-order valence-corrected chi connectivity index (χ2v) is 12.8. The highest BCUT2D eigenvalue weighted by molar-refractivity contribution is 5.61. The Morgan fingerprint density at radius 1 is 0.700 bits per heavy atom. The zero-order valence-electron chi connectivity index (χ0n) is 28.2. The van der Waals surface area contributed by atoms with Crippen LogP contribution in [0.5, 0.6) is 0 Å². The lowest BCUT2D eigenvalue weighted by molar-refractivity contribution is -0.393. The van der Waals surface area contributed by atoms with E-state index in [4.69, 9.17) is 23.7 Å². The number of hydrogen-bond donors (Lipinski definition) is 1. The molecule has 0 radical (unpaired) electrons. The fourth-order valence-electron chi connectivity index (χ4n) is 6.34. The molecular formula is C36H44N4O10. The number of ether oxygens (including phenoxy) is 5. The van der Waals surface area contributed by atoms with Crippen molar-refractivity contribution in [2.24, 2.45) is 22.1 Å². The van der Waals surface area contributed by atoms with Gasteiger partial charge in [-0.3, -0.25) is 20.2 Å². The van der Waals surface area contributed by atoms with Gasteiger partial charge >= 0.3 is 5.69 Å². The van der Waals surface area contributed by atoms with Crippen molar-refractivity contribution in [1.82, 2.24) is 0 Å². The summed E-state index contributed by atoms with van der Waals surface area (Å²) >= 11 is 0. The Balaban J connectivity index is 1.41. The van der Waals surface area contributed by atoms with Crippen molar-refractivity contribution in [3.05, 3.63) is 110 Å². The van der Waals surface area contributed by atoms with Crippen LogP contribution in [0.4, 0.5) is 17.1 Å². The first-order chi connectivity index (χ1) is 24.2. The highest BCUT2D eigenvalue weighted by atomic mass is 16.6. The van der Waals surface area contributed by atoms with Crippen molar-refractivity contribution in [3.63, 3.8) is 0 Å². The Labute approximate surface area is 290 Å². The van der Waals surface area contributed by atoms with Crippen LogP contribution in [0.3, 0.4) is 0 Å². The molecule has 5 rings (SSSR count). The van der Waals surface area contributed by atoms with E-state index in [1.807, 2.05) is 74.5 Å². The fourth-order valence-corrected chi connectivity index (χ4v) is 6.34. The summed E-state index contributed by atoms with van der Waals surface area (Å²) in [6.07, 6.45) is -1.25. The van der Waals surface area contributed by atoms with Crippen LogP contribution in [0.1, 0.15) is 50.0 Å². The Morgan fingerprint density at radius 2 is 1.22 bits per heavy atom. The number of fused-ring (bicyclic) bond motifs is 2. The van der Waals surface area contributed by atoms with E-state index in [0.717, 1.165) is 23.3 Å². The minimum atomic E-state index is -0.808. The van der Waals surface area contributed by atoms with Crippen LogP contribution in [-0.2, 0) is 23.7 Å². The average Bonchev–Trinajstić information content (AvgIpc) is 3.11. The molecule has 6 atom stereocenters. The predicted molar refractivity (Wildman–Crippen MR) is 182 cm³/mol. The summed E-state index contributed by atoms with van der Waals surface area (Å²) in [6, 6.07) is 22.2. The van der Waals surface area contributed by atoms with Crippen LogP contribution in [0.15, 0.2) is 89.1 Å². The van der Waals surface area contributed by atoms with E-state index in [1.165, 1.54) is 6.07 Å². The maximum atomic E-state index is 11.7. The molecule has 3 aromatic carbocycles. The monoisotopic (exact) mass is 692 g/mol. The summed E-state index contributed by atoms with van der Waals surface area (Å²) in [5.74, 6) is -0.763. The Hall–Kier alpha value is -4.18. The van der Waals surface area contributed by atoms with Crippen LogP contribution in [-0.4, -0.2) is 78.9 Å². The minimum Gasteiger partial charge on any atom is -0.392 e. The summed E-state index contributed by atoms with van der Waals surface area (Å²) in [7, 11) is 0. The SMILES string of the molecule is C[C@H]1COC[C@@H](c2ccccc2)OCC2CC(N=Nc3ccc([N+](=O)[O-])cc3[N+](=O)[O-])CC(CO[C@H](c3ccccc3)COC[C@H](C)O1)C2O. The number of aliphatic hydroxyl groups is 1. The topological polar surface area (TPSA) is 177 Å². The van der Waals surface area contributed by atoms with E-state index in [2.05, 4.69) is 10.2 Å². The van der Waals surface area contributed by atoms with Crippen molar-refractivity contribution in [2.45, 2.75) is 63.3 Å². The Kier molecular flexibility index (Phi) is 13.5. The van der Waals surface area contributed by atoms with Gasteiger partial charge in [0.05, 0.1) is 79.9 Å². The van der Waals surface area contributed by atoms with Gasteiger partial charge in [0.25, 0.3) is 5.69 Å². The molecule has 14 nitrogen and oxygen atoms in total. The first-order valence-electron chi connectivity index (χ1n) is 16.8. The summed E-state index contributed by atoms with van der Waals surface area (Å²) in [5, 5.41) is 43.3. The second-order valence-electron chi connectivity index (χ2n) is 12.8. The van der Waals surface area contributed by atoms with Crippen LogP contribution in [0.2, 0.25) is 0 Å². The molecule has 2 aliphatic rings. The zero-order valence-corrected chi connectivity index (χ0v) is 28.2. The minimum absolute atomic E-state index is 0.0937. The number of rotatable bonds is 6. The van der Waals surface area contributed by atoms with Crippen molar-refractivity contribution in [2.75, 3.05) is 39.6 Å². The molecule has 1 saturated heterocycles. The van der Waals surface area contributed by atoms with E-state index in [9.17, 15) is 25.3 Å². The lowest BCUT2D eigenvalue weighted by Gasteiger charge is -2.38. The van der Waals surface area contributed by atoms with Gasteiger partial charge in [-0.2, -0.15) is 5.11 Å². The average molecular weight is 693 g/mol. The Morgan fingerprint density at radius 3 is 1.70 bits per heavy atom. The van der Waals surface area contributed by atoms with Gasteiger partial charge in [-0.25, -0.2) is 0 Å². The highest BCUT2D eigenvalue weighted by Crippen LogP contribution is 2.37. The molecule has 3 aromatic rings. The largest absolute Gasteiger partial charge is 0.392 e. The first-order valence-corrected chi connectivity index (χ1v) is 16.8. The summed E-state index contributed by atoms with van der Waals surface area (Å²) in [5.41, 5.74) is 0.827. The molecule has 1 N–H and O–H groups in total. The second kappa shape index (κ2) is 18.2. The smallest absolute Gasteiger partial charge is 0.303 e. The van der Waals surface area contributed by atoms with E-state index < -0.39 is 45.6 Å². The molecule has 1 heterocycles. The van der Waals surface area contributed by atoms with Crippen LogP contribution >= 0.6 is 0 Å². The predicted octanol–water partition coefficient (Wildman–Crippen LogP) is 6.70. The lowest BCUT2D eigenvalue weighted by atomic mass is 9.77. The lowest BCUT2D eigenvalue weighted by Crippen LogP contribution is -2.43. The summed E-state index contributed by atoms with van der Waals surface area (Å²) in [6.45, 7) is 5.48. The molecular weight excluding hydrogens is 648 g/mol. The van der Waals surface area contributed by atoms with Crippen molar-refractivity contribution < 1.29 is 38.6 Å². The molecule has 1 aliphatic heterocycles. The molecule has 0 amide bonds. The molecule has 0 spiro atoms. The van der Waals surface area contributed by atoms with Crippen molar-refractivity contribution >= 4 is 17.1 Å². The molecule has 14 heteroatoms. The maximum Gasteiger partial charge on any atom is 0.303 e. The van der Waals surface area contributed by atoms with Gasteiger partial charge in [-0.15, -0.1) is 5.11 Å². The van der Waals surface area contributed by atoms with E-state index in [1.54, 1.807) is 0 Å². The number of benzene rings is 3. The molecule has 2 bridgehead atoms. The number of hydrogen-bond acceptors (Lipinski definition) is 12. The zero-order chi connectivity index (χ0) is 35.5. The van der Waals surface area contributed by atoms with Gasteiger partial charge in [-0.1, -0.05) is 60.7 Å². The number of non-ortho nitro benzene ring substituents is 1. The van der Waals surface area contributed by atoms with Gasteiger partial charge in [0, 0.05) is 17.9 Å². The molecule has 50 heavy (non-hydrogen) atoms. The highest BCUT2D eigenvalue weighted by Gasteiger charge is 2.38. The van der Waals surface area contributed by atoms with Crippen LogP contribution < -0.4 is 0 Å². The third-order valence-corrected chi connectivity index (χ3v) is 8.88. The molecule has 0 aromatic heterocycles. The van der Waals surface area contributed by atoms with Crippen LogP contribution in [0.25, 0.3) is 0 Å². The number of aliphatic hydroxyl groups excluding tert-OH is 1. The number of nitrogens with zero attached hydrogens (tertiary/aromatic N) is 4. The summed E-state index contributed by atoms with van der Waals surface area (Å²) < 4.78 is 31.2. The first kappa shape index (κ1) is 37.1. The van der Waals surface area contributed by atoms with Crippen molar-refractivity contribution in [3.8, 4) is 0 Å². The fraction of sp³-hybridized carbons (Fsp3) is 0.500. The molecule has 1 aliphatic carbocycles. The number of nitro benzene ring substituents is 2. The Bertz CT molecular complexity index is 1490. The van der Waals surface area contributed by atoms with Gasteiger partial charge < -0.3 is 28.8 Å². The normalized spacial score (nSPS) is 29.1. The third kappa shape index (κ3) is 10.4. The maximum absolute atomic E-state index is 11.7. The van der Waals surface area contributed by atoms with E-state index >= 15 is 0 Å². The van der Waals surface area contributed by atoms with Gasteiger partial charge in [0.15, 0.2) is 5.69 Å².